The number of hydrogen-bond donors (Lipinski definition) is 3. The van der Waals surface area contributed by atoms with Gasteiger partial charge in [-0.05, 0) is 62.2 Å². The second-order valence-corrected chi connectivity index (χ2v) is 6.71. The number of halogens is 1. The molecule has 6 nitrogen and oxygen atoms in total. The SMILES string of the molecule is CCNC(=O)C(=O)N/N=C\c1cc(Br)ccc1Nc1cc(C)cc(C)c1. The first-order valence-electron chi connectivity index (χ1n) is 8.15. The van der Waals surface area contributed by atoms with Gasteiger partial charge in [-0.3, -0.25) is 9.59 Å². The molecule has 0 aliphatic heterocycles. The normalized spacial score (nSPS) is 10.6. The average molecular weight is 417 g/mol. The third-order valence-corrected chi connectivity index (χ3v) is 3.92. The number of hydrogen-bond acceptors (Lipinski definition) is 4. The van der Waals surface area contributed by atoms with Crippen LogP contribution in [0.3, 0.4) is 0 Å². The van der Waals surface area contributed by atoms with Gasteiger partial charge < -0.3 is 10.6 Å². The zero-order valence-corrected chi connectivity index (χ0v) is 16.5. The second-order valence-electron chi connectivity index (χ2n) is 5.79. The van der Waals surface area contributed by atoms with Crippen LogP contribution in [0.4, 0.5) is 11.4 Å². The van der Waals surface area contributed by atoms with Crippen LogP contribution in [0, 0.1) is 13.8 Å². The smallest absolute Gasteiger partial charge is 0.329 e. The van der Waals surface area contributed by atoms with Crippen molar-refractivity contribution >= 4 is 45.3 Å². The molecule has 0 saturated carbocycles. The number of carbonyl (C=O) groups is 2. The molecule has 0 aliphatic carbocycles. The summed E-state index contributed by atoms with van der Waals surface area (Å²) in [5.41, 5.74) is 7.09. The lowest BCUT2D eigenvalue weighted by Gasteiger charge is -2.12. The van der Waals surface area contributed by atoms with Crippen LogP contribution in [0.25, 0.3) is 0 Å². The number of nitrogens with one attached hydrogen (secondary N) is 3. The molecule has 0 unspecified atom stereocenters. The van der Waals surface area contributed by atoms with Gasteiger partial charge in [0.05, 0.1) is 6.21 Å². The number of rotatable bonds is 5. The number of carbonyl (C=O) groups excluding carboxylic acids is 2. The maximum absolute atomic E-state index is 11.6. The Morgan fingerprint density at radius 2 is 1.77 bits per heavy atom. The van der Waals surface area contributed by atoms with Gasteiger partial charge in [0.25, 0.3) is 0 Å². The molecular weight excluding hydrogens is 396 g/mol. The monoisotopic (exact) mass is 416 g/mol. The molecule has 136 valence electrons. The lowest BCUT2D eigenvalue weighted by molar-refractivity contribution is -0.139. The zero-order valence-electron chi connectivity index (χ0n) is 14.9. The van der Waals surface area contributed by atoms with Gasteiger partial charge in [-0.1, -0.05) is 22.0 Å². The Bertz CT molecular complexity index is 829. The Labute approximate surface area is 161 Å². The molecule has 0 spiro atoms. The minimum absolute atomic E-state index is 0.381. The fourth-order valence-electron chi connectivity index (χ4n) is 2.41. The standard InChI is InChI=1S/C19H21BrN4O2/c1-4-21-18(25)19(26)24-22-11-14-10-15(20)5-6-17(14)23-16-8-12(2)7-13(3)9-16/h5-11,23H,4H2,1-3H3,(H,21,25)(H,24,26)/b22-11-. The van der Waals surface area contributed by atoms with Crippen molar-refractivity contribution in [3.63, 3.8) is 0 Å². The minimum atomic E-state index is -0.804. The van der Waals surface area contributed by atoms with E-state index in [1.54, 1.807) is 6.92 Å². The highest BCUT2D eigenvalue weighted by molar-refractivity contribution is 9.10. The molecule has 26 heavy (non-hydrogen) atoms. The topological polar surface area (TPSA) is 82.6 Å². The highest BCUT2D eigenvalue weighted by Crippen LogP contribution is 2.24. The van der Waals surface area contributed by atoms with Crippen molar-refractivity contribution in [1.29, 1.82) is 0 Å². The van der Waals surface area contributed by atoms with Crippen LogP contribution in [0.5, 0.6) is 0 Å². The third-order valence-electron chi connectivity index (χ3n) is 3.43. The third kappa shape index (κ3) is 5.70. The van der Waals surface area contributed by atoms with Gasteiger partial charge >= 0.3 is 11.8 Å². The molecule has 2 aromatic rings. The van der Waals surface area contributed by atoms with Crippen molar-refractivity contribution in [2.24, 2.45) is 5.10 Å². The van der Waals surface area contributed by atoms with Crippen molar-refractivity contribution in [3.05, 3.63) is 57.6 Å². The first-order chi connectivity index (χ1) is 12.4. The Balaban J connectivity index is 2.18. The van der Waals surface area contributed by atoms with Crippen LogP contribution in [-0.2, 0) is 9.59 Å². The maximum atomic E-state index is 11.6. The summed E-state index contributed by atoms with van der Waals surface area (Å²) in [5.74, 6) is -1.52. The maximum Gasteiger partial charge on any atom is 0.329 e. The van der Waals surface area contributed by atoms with Crippen LogP contribution in [0.2, 0.25) is 0 Å². The Morgan fingerprint density at radius 3 is 2.42 bits per heavy atom. The number of aryl methyl sites for hydroxylation is 2. The summed E-state index contributed by atoms with van der Waals surface area (Å²) in [6, 6.07) is 11.9. The molecular formula is C19H21BrN4O2. The Hall–Kier alpha value is -2.67. The van der Waals surface area contributed by atoms with Gasteiger partial charge in [-0.2, -0.15) is 5.10 Å². The van der Waals surface area contributed by atoms with Crippen molar-refractivity contribution in [2.75, 3.05) is 11.9 Å². The van der Waals surface area contributed by atoms with Crippen LogP contribution < -0.4 is 16.1 Å². The van der Waals surface area contributed by atoms with E-state index in [1.165, 1.54) is 6.21 Å². The molecule has 7 heteroatoms. The number of amides is 2. The molecule has 2 amide bonds. The molecule has 3 N–H and O–H groups in total. The van der Waals surface area contributed by atoms with E-state index in [9.17, 15) is 9.59 Å². The fraction of sp³-hybridized carbons (Fsp3) is 0.211. The van der Waals surface area contributed by atoms with Crippen LogP contribution >= 0.6 is 15.9 Å². The van der Waals surface area contributed by atoms with E-state index in [0.29, 0.717) is 6.54 Å². The van der Waals surface area contributed by atoms with Crippen LogP contribution in [0.15, 0.2) is 46.0 Å². The van der Waals surface area contributed by atoms with Gasteiger partial charge in [0, 0.05) is 28.0 Å². The largest absolute Gasteiger partial charge is 0.355 e. The predicted molar refractivity (Wildman–Crippen MR) is 108 cm³/mol. The van der Waals surface area contributed by atoms with Gasteiger partial charge in [0.2, 0.25) is 0 Å². The number of likely N-dealkylation sites (N-methyl/N-ethyl adjacent to an activating group) is 1. The second kappa shape index (κ2) is 9.15. The van der Waals surface area contributed by atoms with E-state index >= 15 is 0 Å². The summed E-state index contributed by atoms with van der Waals surface area (Å²) >= 11 is 3.43. The van der Waals surface area contributed by atoms with E-state index in [1.807, 2.05) is 44.2 Å². The summed E-state index contributed by atoms with van der Waals surface area (Å²) < 4.78 is 0.875. The van der Waals surface area contributed by atoms with Crippen LogP contribution in [0.1, 0.15) is 23.6 Å². The van der Waals surface area contributed by atoms with E-state index < -0.39 is 11.8 Å². The molecule has 0 atom stereocenters. The summed E-state index contributed by atoms with van der Waals surface area (Å²) in [4.78, 5) is 23.0. The highest BCUT2D eigenvalue weighted by atomic mass is 79.9. The fourth-order valence-corrected chi connectivity index (χ4v) is 2.79. The molecule has 0 heterocycles. The number of anilines is 2. The molecule has 2 aromatic carbocycles. The number of hydrazone groups is 1. The molecule has 0 aliphatic rings. The van der Waals surface area contributed by atoms with Crippen LogP contribution in [-0.4, -0.2) is 24.6 Å². The lowest BCUT2D eigenvalue weighted by Crippen LogP contribution is -2.37. The Kier molecular flexibility index (Phi) is 6.91. The summed E-state index contributed by atoms with van der Waals surface area (Å²) in [5, 5.41) is 9.65. The molecule has 0 radical (unpaired) electrons. The number of benzene rings is 2. The summed E-state index contributed by atoms with van der Waals surface area (Å²) in [6.07, 6.45) is 1.49. The first-order valence-corrected chi connectivity index (χ1v) is 8.94. The zero-order chi connectivity index (χ0) is 19.1. The van der Waals surface area contributed by atoms with Crippen molar-refractivity contribution in [1.82, 2.24) is 10.7 Å². The van der Waals surface area contributed by atoms with Crippen molar-refractivity contribution < 1.29 is 9.59 Å². The highest BCUT2D eigenvalue weighted by Gasteiger charge is 2.10. The van der Waals surface area contributed by atoms with Crippen molar-refractivity contribution in [2.45, 2.75) is 20.8 Å². The summed E-state index contributed by atoms with van der Waals surface area (Å²) in [7, 11) is 0. The predicted octanol–water partition coefficient (Wildman–Crippen LogP) is 3.40. The molecule has 0 bridgehead atoms. The van der Waals surface area contributed by atoms with Gasteiger partial charge in [-0.25, -0.2) is 5.43 Å². The van der Waals surface area contributed by atoms with Crippen molar-refractivity contribution in [3.8, 4) is 0 Å². The molecule has 2 rings (SSSR count). The quantitative estimate of drug-likeness (QED) is 0.396. The molecule has 0 saturated heterocycles. The van der Waals surface area contributed by atoms with Gasteiger partial charge in [0.15, 0.2) is 0 Å². The molecule has 0 aromatic heterocycles. The Morgan fingerprint density at radius 1 is 1.08 bits per heavy atom. The first kappa shape index (κ1) is 19.7. The number of nitrogens with zero attached hydrogens (tertiary/aromatic N) is 1. The molecule has 0 fully saturated rings. The average Bonchev–Trinajstić information content (AvgIpc) is 2.56. The lowest BCUT2D eigenvalue weighted by atomic mass is 10.1. The van der Waals surface area contributed by atoms with E-state index in [0.717, 1.165) is 32.5 Å². The summed E-state index contributed by atoms with van der Waals surface area (Å²) in [6.45, 7) is 6.20. The van der Waals surface area contributed by atoms with E-state index in [4.69, 9.17) is 0 Å². The van der Waals surface area contributed by atoms with E-state index in [2.05, 4.69) is 43.2 Å². The van der Waals surface area contributed by atoms with Gasteiger partial charge in [-0.15, -0.1) is 0 Å². The van der Waals surface area contributed by atoms with E-state index in [-0.39, 0.29) is 0 Å². The minimum Gasteiger partial charge on any atom is -0.355 e. The van der Waals surface area contributed by atoms with Gasteiger partial charge in [0.1, 0.15) is 0 Å².